The van der Waals surface area contributed by atoms with E-state index in [0.717, 1.165) is 5.56 Å². The molecular formula is C15H17NO4. The monoisotopic (exact) mass is 275 g/mol. The Balaban J connectivity index is 2.05. The van der Waals surface area contributed by atoms with E-state index in [1.807, 2.05) is 0 Å². The van der Waals surface area contributed by atoms with Gasteiger partial charge in [-0.1, -0.05) is 0 Å². The van der Waals surface area contributed by atoms with Crippen LogP contribution >= 0.6 is 0 Å². The molecule has 5 nitrogen and oxygen atoms in total. The molecule has 1 aromatic heterocycles. The smallest absolute Gasteiger partial charge is 0.251 e. The number of phenols is 1. The third kappa shape index (κ3) is 3.19. The molecule has 0 spiro atoms. The molecule has 2 aromatic rings. The van der Waals surface area contributed by atoms with Crippen LogP contribution in [0.5, 0.6) is 5.75 Å². The van der Waals surface area contributed by atoms with Crippen molar-refractivity contribution in [3.63, 3.8) is 0 Å². The molecule has 0 radical (unpaired) electrons. The molecule has 0 fully saturated rings. The molecule has 0 aliphatic heterocycles. The molecular weight excluding hydrogens is 258 g/mol. The Hall–Kier alpha value is -2.27. The fourth-order valence-corrected chi connectivity index (χ4v) is 1.92. The highest BCUT2D eigenvalue weighted by molar-refractivity contribution is 5.94. The van der Waals surface area contributed by atoms with Crippen LogP contribution < -0.4 is 5.32 Å². The van der Waals surface area contributed by atoms with Crippen molar-refractivity contribution in [3.05, 3.63) is 53.5 Å². The van der Waals surface area contributed by atoms with Gasteiger partial charge in [-0.15, -0.1) is 0 Å². The second kappa shape index (κ2) is 5.38. The van der Waals surface area contributed by atoms with E-state index in [1.54, 1.807) is 38.1 Å². The molecule has 106 valence electrons. The van der Waals surface area contributed by atoms with Crippen LogP contribution in [0.3, 0.4) is 0 Å². The molecule has 1 unspecified atom stereocenters. The van der Waals surface area contributed by atoms with Crippen LogP contribution in [0.1, 0.15) is 28.6 Å². The summed E-state index contributed by atoms with van der Waals surface area (Å²) in [6.45, 7) is 3.35. The number of benzene rings is 1. The third-order valence-corrected chi connectivity index (χ3v) is 2.97. The summed E-state index contributed by atoms with van der Waals surface area (Å²) >= 11 is 0. The van der Waals surface area contributed by atoms with E-state index < -0.39 is 5.60 Å². The SMILES string of the molecule is Cc1cc(O)cc(C(=O)NCC(C)(O)c2ccco2)c1. The third-order valence-electron chi connectivity index (χ3n) is 2.97. The largest absolute Gasteiger partial charge is 0.508 e. The van der Waals surface area contributed by atoms with Gasteiger partial charge in [-0.2, -0.15) is 0 Å². The zero-order valence-corrected chi connectivity index (χ0v) is 11.4. The number of carbonyl (C=O) groups excluding carboxylic acids is 1. The summed E-state index contributed by atoms with van der Waals surface area (Å²) < 4.78 is 5.13. The fourth-order valence-electron chi connectivity index (χ4n) is 1.92. The molecule has 2 rings (SSSR count). The lowest BCUT2D eigenvalue weighted by atomic mass is 10.0. The molecule has 3 N–H and O–H groups in total. The van der Waals surface area contributed by atoms with Gasteiger partial charge < -0.3 is 19.9 Å². The van der Waals surface area contributed by atoms with Crippen molar-refractivity contribution >= 4 is 5.91 Å². The van der Waals surface area contributed by atoms with E-state index in [1.165, 1.54) is 12.3 Å². The molecule has 1 amide bonds. The Labute approximate surface area is 116 Å². The fraction of sp³-hybridized carbons (Fsp3) is 0.267. The van der Waals surface area contributed by atoms with Crippen molar-refractivity contribution in [2.75, 3.05) is 6.54 Å². The van der Waals surface area contributed by atoms with E-state index in [-0.39, 0.29) is 18.2 Å². The van der Waals surface area contributed by atoms with Crippen LogP contribution in [-0.4, -0.2) is 22.7 Å². The van der Waals surface area contributed by atoms with Crippen molar-refractivity contribution in [1.29, 1.82) is 0 Å². The second-order valence-corrected chi connectivity index (χ2v) is 4.99. The van der Waals surface area contributed by atoms with E-state index in [9.17, 15) is 15.0 Å². The molecule has 1 atom stereocenters. The van der Waals surface area contributed by atoms with Crippen molar-refractivity contribution < 1.29 is 19.4 Å². The average molecular weight is 275 g/mol. The Morgan fingerprint density at radius 2 is 2.15 bits per heavy atom. The van der Waals surface area contributed by atoms with Gasteiger partial charge >= 0.3 is 0 Å². The lowest BCUT2D eigenvalue weighted by molar-refractivity contribution is 0.0330. The van der Waals surface area contributed by atoms with E-state index in [2.05, 4.69) is 5.32 Å². The number of furan rings is 1. The minimum absolute atomic E-state index is 0.00799. The number of amides is 1. The average Bonchev–Trinajstić information content (AvgIpc) is 2.89. The van der Waals surface area contributed by atoms with Crippen molar-refractivity contribution in [2.45, 2.75) is 19.4 Å². The van der Waals surface area contributed by atoms with Crippen LogP contribution in [-0.2, 0) is 5.60 Å². The van der Waals surface area contributed by atoms with E-state index in [4.69, 9.17) is 4.42 Å². The summed E-state index contributed by atoms with van der Waals surface area (Å²) in [4.78, 5) is 12.0. The van der Waals surface area contributed by atoms with Crippen molar-refractivity contribution in [1.82, 2.24) is 5.32 Å². The summed E-state index contributed by atoms with van der Waals surface area (Å²) in [5, 5.41) is 22.3. The van der Waals surface area contributed by atoms with Gasteiger partial charge in [-0.25, -0.2) is 0 Å². The van der Waals surface area contributed by atoms with Gasteiger partial charge in [-0.05, 0) is 49.7 Å². The summed E-state index contributed by atoms with van der Waals surface area (Å²) in [6, 6.07) is 7.92. The number of hydrogen-bond donors (Lipinski definition) is 3. The van der Waals surface area contributed by atoms with Gasteiger partial charge in [0, 0.05) is 5.56 Å². The number of aryl methyl sites for hydroxylation is 1. The van der Waals surface area contributed by atoms with Crippen LogP contribution in [0.15, 0.2) is 41.0 Å². The van der Waals surface area contributed by atoms with Gasteiger partial charge in [-0.3, -0.25) is 4.79 Å². The summed E-state index contributed by atoms with van der Waals surface area (Å²) in [7, 11) is 0. The van der Waals surface area contributed by atoms with Gasteiger partial charge in [0.05, 0.1) is 12.8 Å². The van der Waals surface area contributed by atoms with Crippen LogP contribution in [0.2, 0.25) is 0 Å². The zero-order chi connectivity index (χ0) is 14.8. The molecule has 0 saturated heterocycles. The number of aliphatic hydroxyl groups is 1. The Morgan fingerprint density at radius 1 is 1.40 bits per heavy atom. The maximum Gasteiger partial charge on any atom is 0.251 e. The molecule has 0 saturated carbocycles. The predicted octanol–water partition coefficient (Wildman–Crippen LogP) is 1.93. The molecule has 5 heteroatoms. The van der Waals surface area contributed by atoms with Crippen LogP contribution in [0, 0.1) is 6.92 Å². The minimum Gasteiger partial charge on any atom is -0.508 e. The van der Waals surface area contributed by atoms with Crippen LogP contribution in [0.25, 0.3) is 0 Å². The molecule has 1 aromatic carbocycles. The highest BCUT2D eigenvalue weighted by atomic mass is 16.4. The van der Waals surface area contributed by atoms with E-state index in [0.29, 0.717) is 11.3 Å². The number of nitrogens with one attached hydrogen (secondary N) is 1. The standard InChI is InChI=1S/C15H17NO4/c1-10-6-11(8-12(17)7-10)14(18)16-9-15(2,19)13-4-3-5-20-13/h3-8,17,19H,9H2,1-2H3,(H,16,18). The summed E-state index contributed by atoms with van der Waals surface area (Å²) in [6.07, 6.45) is 1.46. The van der Waals surface area contributed by atoms with Crippen LogP contribution in [0.4, 0.5) is 0 Å². The number of phenolic OH excluding ortho intramolecular Hbond substituents is 1. The van der Waals surface area contributed by atoms with Gasteiger partial charge in [0.25, 0.3) is 5.91 Å². The van der Waals surface area contributed by atoms with E-state index >= 15 is 0 Å². The number of carbonyl (C=O) groups is 1. The first kappa shape index (κ1) is 14.1. The predicted molar refractivity (Wildman–Crippen MR) is 73.5 cm³/mol. The number of hydrogen-bond acceptors (Lipinski definition) is 4. The topological polar surface area (TPSA) is 82.7 Å². The normalized spacial score (nSPS) is 13.8. The van der Waals surface area contributed by atoms with Gasteiger partial charge in [0.2, 0.25) is 0 Å². The quantitative estimate of drug-likeness (QED) is 0.796. The highest BCUT2D eigenvalue weighted by Crippen LogP contribution is 2.20. The lowest BCUT2D eigenvalue weighted by Gasteiger charge is -2.21. The second-order valence-electron chi connectivity index (χ2n) is 4.99. The molecule has 0 aliphatic rings. The Bertz CT molecular complexity index is 582. The van der Waals surface area contributed by atoms with Crippen molar-refractivity contribution in [3.8, 4) is 5.75 Å². The molecule has 0 bridgehead atoms. The first-order chi connectivity index (χ1) is 9.38. The van der Waals surface area contributed by atoms with Gasteiger partial charge in [0.1, 0.15) is 17.1 Å². The Kier molecular flexibility index (Phi) is 3.81. The molecule has 1 heterocycles. The minimum atomic E-state index is -1.29. The number of aromatic hydroxyl groups is 1. The first-order valence-electron chi connectivity index (χ1n) is 6.24. The number of rotatable bonds is 4. The van der Waals surface area contributed by atoms with Crippen molar-refractivity contribution in [2.24, 2.45) is 0 Å². The zero-order valence-electron chi connectivity index (χ0n) is 11.4. The lowest BCUT2D eigenvalue weighted by Crippen LogP contribution is -2.38. The summed E-state index contributed by atoms with van der Waals surface area (Å²) in [5.74, 6) is 0.0497. The maximum atomic E-state index is 12.0. The maximum absolute atomic E-state index is 12.0. The van der Waals surface area contributed by atoms with Gasteiger partial charge in [0.15, 0.2) is 0 Å². The highest BCUT2D eigenvalue weighted by Gasteiger charge is 2.27. The first-order valence-corrected chi connectivity index (χ1v) is 6.24. The molecule has 20 heavy (non-hydrogen) atoms. The Morgan fingerprint density at radius 3 is 2.75 bits per heavy atom. The molecule has 0 aliphatic carbocycles. The summed E-state index contributed by atoms with van der Waals surface area (Å²) in [5.41, 5.74) is -0.156.